The molecule has 6 nitrogen and oxygen atoms in total. The highest BCUT2D eigenvalue weighted by Gasteiger charge is 2.29. The zero-order valence-electron chi connectivity index (χ0n) is 17.6. The van der Waals surface area contributed by atoms with Gasteiger partial charge in [-0.1, -0.05) is 13.8 Å². The van der Waals surface area contributed by atoms with E-state index in [-0.39, 0.29) is 12.4 Å². The fourth-order valence-corrected chi connectivity index (χ4v) is 3.73. The molecule has 0 radical (unpaired) electrons. The number of hydrogen-bond acceptors (Lipinski definition) is 4. The molecule has 1 unspecified atom stereocenters. The maximum absolute atomic E-state index is 13.8. The fourth-order valence-electron chi connectivity index (χ4n) is 3.73. The van der Waals surface area contributed by atoms with Gasteiger partial charge in [0.2, 0.25) is 0 Å². The number of rotatable bonds is 7. The van der Waals surface area contributed by atoms with Crippen molar-refractivity contribution in [2.24, 2.45) is 5.92 Å². The lowest BCUT2D eigenvalue weighted by Gasteiger charge is -2.31. The summed E-state index contributed by atoms with van der Waals surface area (Å²) in [6.45, 7) is 7.98. The Balaban J connectivity index is 1.86. The van der Waals surface area contributed by atoms with Crippen molar-refractivity contribution in [1.29, 1.82) is 0 Å². The first-order valence-corrected chi connectivity index (χ1v) is 9.82. The molecule has 30 heavy (non-hydrogen) atoms. The van der Waals surface area contributed by atoms with E-state index in [1.165, 1.54) is 12.1 Å². The van der Waals surface area contributed by atoms with Crippen molar-refractivity contribution in [3.05, 3.63) is 54.1 Å². The number of nitrogens with one attached hydrogen (secondary N) is 1. The van der Waals surface area contributed by atoms with Gasteiger partial charge in [0.05, 0.1) is 22.9 Å². The molecule has 0 saturated heterocycles. The molecule has 0 saturated carbocycles. The van der Waals surface area contributed by atoms with E-state index >= 15 is 0 Å². The number of hydrogen-bond donors (Lipinski definition) is 2. The number of amides is 1. The molecule has 0 bridgehead atoms. The highest BCUT2D eigenvalue weighted by atomic mass is 19.1. The summed E-state index contributed by atoms with van der Waals surface area (Å²) < 4.78 is 19.7. The number of carbonyl (C=O) groups is 1. The van der Waals surface area contributed by atoms with Gasteiger partial charge in [-0.25, -0.2) is 9.18 Å². The minimum Gasteiger partial charge on any atom is -0.489 e. The second kappa shape index (κ2) is 8.65. The number of pyridine rings is 2. The Morgan fingerprint density at radius 2 is 2.03 bits per heavy atom. The minimum atomic E-state index is -1.08. The molecular formula is C23H26FN3O3. The van der Waals surface area contributed by atoms with E-state index in [1.54, 1.807) is 24.5 Å². The first kappa shape index (κ1) is 21.5. The lowest BCUT2D eigenvalue weighted by Crippen LogP contribution is -2.50. The van der Waals surface area contributed by atoms with E-state index in [2.05, 4.69) is 15.3 Å². The number of aromatic nitrogens is 2. The Bertz CT molecular complexity index is 1070. The van der Waals surface area contributed by atoms with Crippen molar-refractivity contribution < 1.29 is 19.0 Å². The Morgan fingerprint density at radius 1 is 1.27 bits per heavy atom. The lowest BCUT2D eigenvalue weighted by atomic mass is 9.91. The van der Waals surface area contributed by atoms with Crippen LogP contribution in [-0.2, 0) is 0 Å². The predicted molar refractivity (Wildman–Crippen MR) is 114 cm³/mol. The van der Waals surface area contributed by atoms with Crippen LogP contribution in [0, 0.1) is 18.7 Å². The van der Waals surface area contributed by atoms with E-state index in [0.717, 1.165) is 11.1 Å². The topological polar surface area (TPSA) is 84.3 Å². The van der Waals surface area contributed by atoms with Gasteiger partial charge in [0.25, 0.3) is 0 Å². The number of carboxylic acid groups (broad SMARTS) is 1. The minimum absolute atomic E-state index is 0.183. The number of benzene rings is 1. The van der Waals surface area contributed by atoms with Crippen LogP contribution in [-0.4, -0.2) is 33.3 Å². The van der Waals surface area contributed by atoms with Gasteiger partial charge in [-0.2, -0.15) is 0 Å². The summed E-state index contributed by atoms with van der Waals surface area (Å²) in [6, 6.07) is 8.16. The average Bonchev–Trinajstić information content (AvgIpc) is 2.65. The molecule has 0 fully saturated rings. The van der Waals surface area contributed by atoms with Crippen molar-refractivity contribution in [3.8, 4) is 17.0 Å². The Morgan fingerprint density at radius 3 is 2.70 bits per heavy atom. The van der Waals surface area contributed by atoms with Gasteiger partial charge in [-0.05, 0) is 62.1 Å². The summed E-state index contributed by atoms with van der Waals surface area (Å²) in [7, 11) is 0. The Hall–Kier alpha value is -3.22. The summed E-state index contributed by atoms with van der Waals surface area (Å²) >= 11 is 0. The molecule has 0 aliphatic carbocycles. The quantitative estimate of drug-likeness (QED) is 0.558. The third-order valence-electron chi connectivity index (χ3n) is 4.86. The van der Waals surface area contributed by atoms with Gasteiger partial charge in [0, 0.05) is 17.1 Å². The monoisotopic (exact) mass is 411 g/mol. The summed E-state index contributed by atoms with van der Waals surface area (Å²) in [5.74, 6) is 0.543. The number of aryl methyl sites for hydroxylation is 1. The standard InChI is InChI=1S/C23H26FN3O3/c1-14(2)11-23(4,27-22(28)29)13-30-21-12-26-20(9-15(21)3)17-7-8-25-19-6-5-16(24)10-18(17)19/h5-10,12,14,27H,11,13H2,1-4H3,(H,28,29). The van der Waals surface area contributed by atoms with E-state index in [9.17, 15) is 14.3 Å². The first-order valence-electron chi connectivity index (χ1n) is 9.82. The molecule has 1 aromatic carbocycles. The highest BCUT2D eigenvalue weighted by Crippen LogP contribution is 2.30. The van der Waals surface area contributed by atoms with Crippen molar-refractivity contribution in [1.82, 2.24) is 15.3 Å². The molecule has 3 rings (SSSR count). The van der Waals surface area contributed by atoms with Crippen molar-refractivity contribution in [2.75, 3.05) is 6.61 Å². The van der Waals surface area contributed by atoms with Gasteiger partial charge in [-0.15, -0.1) is 0 Å². The molecule has 0 aliphatic heterocycles. The number of fused-ring (bicyclic) bond motifs is 1. The first-order chi connectivity index (χ1) is 14.2. The molecule has 2 N–H and O–H groups in total. The summed E-state index contributed by atoms with van der Waals surface area (Å²) in [5.41, 5.74) is 2.29. The maximum Gasteiger partial charge on any atom is 0.405 e. The molecule has 0 aliphatic rings. The maximum atomic E-state index is 13.8. The Labute approximate surface area is 175 Å². The van der Waals surface area contributed by atoms with E-state index in [0.29, 0.717) is 34.7 Å². The van der Waals surface area contributed by atoms with Gasteiger partial charge in [0.1, 0.15) is 18.2 Å². The van der Waals surface area contributed by atoms with Gasteiger partial charge >= 0.3 is 6.09 Å². The molecular weight excluding hydrogens is 385 g/mol. The van der Waals surface area contributed by atoms with Crippen LogP contribution in [0.4, 0.5) is 9.18 Å². The molecule has 3 aromatic rings. The van der Waals surface area contributed by atoms with Crippen LogP contribution in [0.25, 0.3) is 22.2 Å². The summed E-state index contributed by atoms with van der Waals surface area (Å²) in [4.78, 5) is 20.0. The molecule has 1 atom stereocenters. The van der Waals surface area contributed by atoms with Gasteiger partial charge in [0.15, 0.2) is 0 Å². The SMILES string of the molecule is Cc1cc(-c2ccnc3ccc(F)cc23)ncc1OCC(C)(CC(C)C)NC(=O)O. The molecule has 2 aromatic heterocycles. The Kier molecular flexibility index (Phi) is 6.20. The van der Waals surface area contributed by atoms with E-state index in [1.807, 2.05) is 33.8 Å². The van der Waals surface area contributed by atoms with Crippen molar-refractivity contribution >= 4 is 17.0 Å². The zero-order valence-corrected chi connectivity index (χ0v) is 17.6. The van der Waals surface area contributed by atoms with Crippen LogP contribution in [0.1, 0.15) is 32.8 Å². The second-order valence-corrected chi connectivity index (χ2v) is 8.23. The zero-order chi connectivity index (χ0) is 21.9. The molecule has 158 valence electrons. The van der Waals surface area contributed by atoms with Crippen molar-refractivity contribution in [3.63, 3.8) is 0 Å². The summed E-state index contributed by atoms with van der Waals surface area (Å²) in [5, 5.41) is 12.4. The summed E-state index contributed by atoms with van der Waals surface area (Å²) in [6.07, 6.45) is 2.85. The fraction of sp³-hybridized carbons (Fsp3) is 0.348. The molecule has 0 spiro atoms. The van der Waals surface area contributed by atoms with Crippen LogP contribution in [0.5, 0.6) is 5.75 Å². The number of ether oxygens (including phenoxy) is 1. The van der Waals surface area contributed by atoms with E-state index in [4.69, 9.17) is 4.74 Å². The van der Waals surface area contributed by atoms with Gasteiger partial charge < -0.3 is 15.2 Å². The van der Waals surface area contributed by atoms with Crippen LogP contribution < -0.4 is 10.1 Å². The molecule has 7 heteroatoms. The van der Waals surface area contributed by atoms with E-state index < -0.39 is 11.6 Å². The highest BCUT2D eigenvalue weighted by molar-refractivity contribution is 5.93. The number of halogens is 1. The largest absolute Gasteiger partial charge is 0.489 e. The average molecular weight is 411 g/mol. The lowest BCUT2D eigenvalue weighted by molar-refractivity contribution is 0.142. The number of nitrogens with zero attached hydrogens (tertiary/aromatic N) is 2. The smallest absolute Gasteiger partial charge is 0.405 e. The van der Waals surface area contributed by atoms with Gasteiger partial charge in [-0.3, -0.25) is 9.97 Å². The molecule has 1 amide bonds. The van der Waals surface area contributed by atoms with Crippen LogP contribution in [0.2, 0.25) is 0 Å². The van der Waals surface area contributed by atoms with Crippen LogP contribution in [0.15, 0.2) is 42.7 Å². The van der Waals surface area contributed by atoms with Crippen LogP contribution >= 0.6 is 0 Å². The third-order valence-corrected chi connectivity index (χ3v) is 4.86. The third kappa shape index (κ3) is 5.03. The van der Waals surface area contributed by atoms with Crippen LogP contribution in [0.3, 0.4) is 0 Å². The molecule has 2 heterocycles. The van der Waals surface area contributed by atoms with Crippen molar-refractivity contribution in [2.45, 2.75) is 39.7 Å². The normalized spacial score (nSPS) is 13.3. The second-order valence-electron chi connectivity index (χ2n) is 8.23. The predicted octanol–water partition coefficient (Wildman–Crippen LogP) is 5.20.